The molecule has 0 spiro atoms. The van der Waals surface area contributed by atoms with Crippen LogP contribution in [0.4, 0.5) is 5.82 Å². The molecule has 0 saturated heterocycles. The summed E-state index contributed by atoms with van der Waals surface area (Å²) in [6.45, 7) is 2.07. The zero-order valence-corrected chi connectivity index (χ0v) is 11.4. The van der Waals surface area contributed by atoms with E-state index in [1.807, 2.05) is 19.2 Å². The summed E-state index contributed by atoms with van der Waals surface area (Å²) in [6, 6.07) is 8.11. The Morgan fingerprint density at radius 1 is 1.32 bits per heavy atom. The molecule has 4 nitrogen and oxygen atoms in total. The van der Waals surface area contributed by atoms with Crippen molar-refractivity contribution in [2.45, 2.75) is 32.3 Å². The Hall–Kier alpha value is -1.97. The minimum absolute atomic E-state index is 0.363. The van der Waals surface area contributed by atoms with Crippen LogP contribution >= 0.6 is 0 Å². The highest BCUT2D eigenvalue weighted by molar-refractivity contribution is 5.70. The largest absolute Gasteiger partial charge is 0.490 e. The zero-order chi connectivity index (χ0) is 13.4. The summed E-state index contributed by atoms with van der Waals surface area (Å²) >= 11 is 0. The average Bonchev–Trinajstić information content (AvgIpc) is 2.65. The van der Waals surface area contributed by atoms with Gasteiger partial charge >= 0.3 is 0 Å². The maximum Gasteiger partial charge on any atom is 0.129 e. The van der Waals surface area contributed by atoms with E-state index in [2.05, 4.69) is 24.2 Å². The number of nitrogen functional groups attached to an aromatic ring is 1. The summed E-state index contributed by atoms with van der Waals surface area (Å²) < 4.78 is 7.74. The molecule has 0 atom stereocenters. The van der Waals surface area contributed by atoms with Crippen LogP contribution in [0.25, 0.3) is 11.3 Å². The number of anilines is 1. The van der Waals surface area contributed by atoms with Gasteiger partial charge in [-0.15, -0.1) is 0 Å². The summed E-state index contributed by atoms with van der Waals surface area (Å²) in [6.07, 6.45) is 3.93. The first kappa shape index (κ1) is 12.1. The van der Waals surface area contributed by atoms with E-state index in [-0.39, 0.29) is 0 Å². The lowest BCUT2D eigenvalue weighted by Crippen LogP contribution is -2.24. The van der Waals surface area contributed by atoms with Gasteiger partial charge in [-0.05, 0) is 38.3 Å². The van der Waals surface area contributed by atoms with E-state index in [1.54, 1.807) is 4.68 Å². The number of benzene rings is 1. The van der Waals surface area contributed by atoms with Crippen molar-refractivity contribution in [3.05, 3.63) is 29.8 Å². The fraction of sp³-hybridized carbons (Fsp3) is 0.400. The van der Waals surface area contributed by atoms with Crippen molar-refractivity contribution in [2.75, 3.05) is 5.73 Å². The van der Waals surface area contributed by atoms with Crippen molar-refractivity contribution in [3.63, 3.8) is 0 Å². The second-order valence-electron chi connectivity index (χ2n) is 5.25. The molecule has 1 aliphatic rings. The van der Waals surface area contributed by atoms with Gasteiger partial charge in [-0.1, -0.05) is 11.6 Å². The number of nitrogens with zero attached hydrogens (tertiary/aromatic N) is 2. The number of aryl methyl sites for hydroxylation is 2. The van der Waals surface area contributed by atoms with Crippen LogP contribution in [0.15, 0.2) is 24.3 Å². The third kappa shape index (κ3) is 2.30. The molecule has 4 heteroatoms. The van der Waals surface area contributed by atoms with Crippen molar-refractivity contribution in [2.24, 2.45) is 7.05 Å². The Morgan fingerprint density at radius 3 is 2.68 bits per heavy atom. The molecule has 1 saturated carbocycles. The van der Waals surface area contributed by atoms with Crippen LogP contribution < -0.4 is 10.5 Å². The molecule has 1 heterocycles. The summed E-state index contributed by atoms with van der Waals surface area (Å²) in [5, 5.41) is 4.45. The van der Waals surface area contributed by atoms with Gasteiger partial charge in [-0.25, -0.2) is 0 Å². The smallest absolute Gasteiger partial charge is 0.129 e. The Bertz CT molecular complexity index is 580. The molecule has 100 valence electrons. The molecule has 1 aliphatic carbocycles. The second-order valence-corrected chi connectivity index (χ2v) is 5.25. The third-order valence-electron chi connectivity index (χ3n) is 3.67. The molecule has 19 heavy (non-hydrogen) atoms. The van der Waals surface area contributed by atoms with Gasteiger partial charge < -0.3 is 10.5 Å². The number of nitrogens with two attached hydrogens (primary N) is 1. The molecule has 0 bridgehead atoms. The fourth-order valence-corrected chi connectivity index (χ4v) is 2.23. The molecule has 0 aliphatic heterocycles. The molecule has 1 aromatic heterocycles. The minimum atomic E-state index is 0.363. The number of aromatic nitrogens is 2. The van der Waals surface area contributed by atoms with Crippen molar-refractivity contribution in [3.8, 4) is 17.0 Å². The van der Waals surface area contributed by atoms with Crippen LogP contribution in [0.1, 0.15) is 24.8 Å². The first-order valence-corrected chi connectivity index (χ1v) is 6.70. The SMILES string of the molecule is Cc1ccc(OC2CCC2)c(-c2cc(N)n(C)n2)c1. The highest BCUT2D eigenvalue weighted by atomic mass is 16.5. The van der Waals surface area contributed by atoms with E-state index in [0.717, 1.165) is 29.8 Å². The molecule has 1 fully saturated rings. The van der Waals surface area contributed by atoms with Crippen LogP contribution in [0.5, 0.6) is 5.75 Å². The van der Waals surface area contributed by atoms with Crippen molar-refractivity contribution in [1.82, 2.24) is 9.78 Å². The van der Waals surface area contributed by atoms with Crippen LogP contribution in [-0.4, -0.2) is 15.9 Å². The number of ether oxygens (including phenoxy) is 1. The lowest BCUT2D eigenvalue weighted by Gasteiger charge is -2.27. The topological polar surface area (TPSA) is 53.1 Å². The summed E-state index contributed by atoms with van der Waals surface area (Å²) in [5.41, 5.74) is 8.96. The second kappa shape index (κ2) is 4.61. The fourth-order valence-electron chi connectivity index (χ4n) is 2.23. The molecule has 0 amide bonds. The number of rotatable bonds is 3. The summed E-state index contributed by atoms with van der Waals surface area (Å²) in [5.74, 6) is 1.57. The third-order valence-corrected chi connectivity index (χ3v) is 3.67. The van der Waals surface area contributed by atoms with E-state index >= 15 is 0 Å². The van der Waals surface area contributed by atoms with Gasteiger partial charge in [0.25, 0.3) is 0 Å². The molecule has 0 radical (unpaired) electrons. The van der Waals surface area contributed by atoms with Crippen LogP contribution in [0, 0.1) is 6.92 Å². The van der Waals surface area contributed by atoms with Crippen LogP contribution in [0.2, 0.25) is 0 Å². The standard InChI is InChI=1S/C15H19N3O/c1-10-6-7-14(19-11-4-3-5-11)12(8-10)13-9-15(16)18(2)17-13/h6-9,11H,3-5,16H2,1-2H3. The first-order valence-electron chi connectivity index (χ1n) is 6.70. The van der Waals surface area contributed by atoms with Crippen LogP contribution in [0.3, 0.4) is 0 Å². The van der Waals surface area contributed by atoms with Gasteiger partial charge in [-0.3, -0.25) is 4.68 Å². The van der Waals surface area contributed by atoms with Gasteiger partial charge in [-0.2, -0.15) is 5.10 Å². The quantitative estimate of drug-likeness (QED) is 0.919. The molecular formula is C15H19N3O. The highest BCUT2D eigenvalue weighted by Gasteiger charge is 2.21. The molecule has 0 unspecified atom stereocenters. The first-order chi connectivity index (χ1) is 9.13. The normalized spacial score (nSPS) is 15.3. The van der Waals surface area contributed by atoms with Crippen LogP contribution in [-0.2, 0) is 7.05 Å². The van der Waals surface area contributed by atoms with Crippen molar-refractivity contribution >= 4 is 5.82 Å². The Balaban J connectivity index is 1.99. The van der Waals surface area contributed by atoms with E-state index in [9.17, 15) is 0 Å². The van der Waals surface area contributed by atoms with Crippen molar-refractivity contribution in [1.29, 1.82) is 0 Å². The van der Waals surface area contributed by atoms with Gasteiger partial charge in [0.2, 0.25) is 0 Å². The van der Waals surface area contributed by atoms with E-state index in [0.29, 0.717) is 11.9 Å². The molecule has 2 aromatic rings. The number of hydrogen-bond donors (Lipinski definition) is 1. The highest BCUT2D eigenvalue weighted by Crippen LogP contribution is 2.34. The molecule has 2 N–H and O–H groups in total. The van der Waals surface area contributed by atoms with E-state index in [4.69, 9.17) is 10.5 Å². The summed E-state index contributed by atoms with van der Waals surface area (Å²) in [7, 11) is 1.85. The minimum Gasteiger partial charge on any atom is -0.490 e. The molecular weight excluding hydrogens is 238 g/mol. The maximum absolute atomic E-state index is 6.05. The van der Waals surface area contributed by atoms with E-state index in [1.165, 1.54) is 12.0 Å². The Labute approximate surface area is 113 Å². The van der Waals surface area contributed by atoms with Gasteiger partial charge in [0, 0.05) is 18.7 Å². The van der Waals surface area contributed by atoms with Crippen molar-refractivity contribution < 1.29 is 4.74 Å². The number of hydrogen-bond acceptors (Lipinski definition) is 3. The monoisotopic (exact) mass is 257 g/mol. The average molecular weight is 257 g/mol. The van der Waals surface area contributed by atoms with Gasteiger partial charge in [0.1, 0.15) is 11.6 Å². The van der Waals surface area contributed by atoms with E-state index < -0.39 is 0 Å². The Morgan fingerprint density at radius 2 is 2.11 bits per heavy atom. The molecule has 1 aromatic carbocycles. The predicted molar refractivity (Wildman–Crippen MR) is 76.1 cm³/mol. The zero-order valence-electron chi connectivity index (χ0n) is 11.4. The van der Waals surface area contributed by atoms with Gasteiger partial charge in [0.05, 0.1) is 11.8 Å². The maximum atomic E-state index is 6.05. The predicted octanol–water partition coefficient (Wildman–Crippen LogP) is 2.91. The summed E-state index contributed by atoms with van der Waals surface area (Å²) in [4.78, 5) is 0. The van der Waals surface area contributed by atoms with Gasteiger partial charge in [0.15, 0.2) is 0 Å². The Kier molecular flexibility index (Phi) is 2.93. The molecule has 3 rings (SSSR count). The lowest BCUT2D eigenvalue weighted by molar-refractivity contribution is 0.121. The lowest BCUT2D eigenvalue weighted by atomic mass is 9.96.